The molecule has 1 atom stereocenters. The van der Waals surface area contributed by atoms with Crippen LogP contribution in [0, 0.1) is 25.2 Å². The van der Waals surface area contributed by atoms with Crippen LogP contribution in [-0.2, 0) is 26.3 Å². The Morgan fingerprint density at radius 1 is 0.962 bits per heavy atom. The van der Waals surface area contributed by atoms with Crippen LogP contribution in [0.1, 0.15) is 51.9 Å². The Labute approximate surface area is 310 Å². The third-order valence-corrected chi connectivity index (χ3v) is 9.68. The molecular formula is C41H45ClN6O4. The van der Waals surface area contributed by atoms with Crippen LogP contribution in [0.3, 0.4) is 0 Å². The second-order valence-corrected chi connectivity index (χ2v) is 13.8. The number of hydrogen-bond donors (Lipinski definition) is 2. The zero-order valence-electron chi connectivity index (χ0n) is 29.9. The number of imidazole rings is 1. The molecule has 1 fully saturated rings. The van der Waals surface area contributed by atoms with Gasteiger partial charge in [0.2, 0.25) is 0 Å². The Kier molecular flexibility index (Phi) is 12.4. The fourth-order valence-electron chi connectivity index (χ4n) is 6.57. The Balaban J connectivity index is 1.16. The fraction of sp³-hybridized carbons (Fsp3) is 0.341. The summed E-state index contributed by atoms with van der Waals surface area (Å²) in [6.07, 6.45) is 8.32. The molecule has 0 saturated carbocycles. The third kappa shape index (κ3) is 9.49. The van der Waals surface area contributed by atoms with Gasteiger partial charge in [0, 0.05) is 68.5 Å². The van der Waals surface area contributed by atoms with E-state index in [9.17, 15) is 10.4 Å². The molecule has 0 amide bonds. The van der Waals surface area contributed by atoms with Gasteiger partial charge in [0.1, 0.15) is 36.5 Å². The van der Waals surface area contributed by atoms with Gasteiger partial charge in [-0.15, -0.1) is 0 Å². The van der Waals surface area contributed by atoms with E-state index >= 15 is 0 Å². The number of aromatic amines is 1. The normalized spacial score (nSPS) is 14.4. The van der Waals surface area contributed by atoms with Crippen molar-refractivity contribution in [3.8, 4) is 34.4 Å². The number of halogens is 1. The minimum atomic E-state index is -0.201. The molecule has 6 rings (SSSR count). The van der Waals surface area contributed by atoms with Gasteiger partial charge in [0.25, 0.3) is 0 Å². The second-order valence-electron chi connectivity index (χ2n) is 13.4. The zero-order valence-corrected chi connectivity index (χ0v) is 30.7. The van der Waals surface area contributed by atoms with Crippen LogP contribution in [0.4, 0.5) is 0 Å². The van der Waals surface area contributed by atoms with E-state index < -0.39 is 0 Å². The van der Waals surface area contributed by atoms with Crippen molar-refractivity contribution in [3.63, 3.8) is 0 Å². The molecule has 0 radical (unpaired) electrons. The maximum Gasteiger partial charge on any atom is 0.142 e. The lowest BCUT2D eigenvalue weighted by Gasteiger charge is -2.20. The molecule has 1 unspecified atom stereocenters. The van der Waals surface area contributed by atoms with Crippen LogP contribution >= 0.6 is 11.6 Å². The molecule has 10 nitrogen and oxygen atoms in total. The van der Waals surface area contributed by atoms with Gasteiger partial charge in [0.05, 0.1) is 35.3 Å². The molecule has 1 saturated heterocycles. The van der Waals surface area contributed by atoms with Gasteiger partial charge in [0.15, 0.2) is 0 Å². The van der Waals surface area contributed by atoms with Crippen LogP contribution in [-0.4, -0.2) is 69.3 Å². The summed E-state index contributed by atoms with van der Waals surface area (Å²) in [5.74, 6) is 2.02. The maximum absolute atomic E-state index is 9.80. The number of benzene rings is 3. The van der Waals surface area contributed by atoms with E-state index in [1.54, 1.807) is 18.6 Å². The number of ether oxygens (including phenoxy) is 3. The first-order valence-electron chi connectivity index (χ1n) is 17.6. The van der Waals surface area contributed by atoms with Gasteiger partial charge in [-0.05, 0) is 79.8 Å². The van der Waals surface area contributed by atoms with Gasteiger partial charge in [-0.1, -0.05) is 41.9 Å². The predicted octanol–water partition coefficient (Wildman–Crippen LogP) is 7.24. The minimum Gasteiger partial charge on any atom is -0.493 e. The molecule has 1 aliphatic heterocycles. The lowest BCUT2D eigenvalue weighted by atomic mass is 9.93. The van der Waals surface area contributed by atoms with Gasteiger partial charge >= 0.3 is 0 Å². The molecule has 3 heterocycles. The Morgan fingerprint density at radius 3 is 2.54 bits per heavy atom. The number of likely N-dealkylation sites (tertiary alicyclic amines) is 1. The Morgan fingerprint density at radius 2 is 1.77 bits per heavy atom. The molecule has 11 heteroatoms. The van der Waals surface area contributed by atoms with Gasteiger partial charge in [-0.3, -0.25) is 9.88 Å². The molecule has 3 aromatic carbocycles. The van der Waals surface area contributed by atoms with E-state index in [2.05, 4.69) is 68.9 Å². The molecule has 0 spiro atoms. The summed E-state index contributed by atoms with van der Waals surface area (Å²) in [5, 5.41) is 19.6. The van der Waals surface area contributed by atoms with Crippen LogP contribution in [0.15, 0.2) is 79.5 Å². The number of nitrogens with one attached hydrogen (secondary N) is 1. The zero-order chi connectivity index (χ0) is 36.5. The predicted molar refractivity (Wildman–Crippen MR) is 201 cm³/mol. The van der Waals surface area contributed by atoms with Gasteiger partial charge in [-0.25, -0.2) is 4.98 Å². The highest BCUT2D eigenvalue weighted by Crippen LogP contribution is 2.37. The maximum atomic E-state index is 9.80. The Bertz CT molecular complexity index is 2000. The molecule has 5 aromatic rings. The summed E-state index contributed by atoms with van der Waals surface area (Å²) in [5.41, 5.74) is 8.56. The molecule has 2 N–H and O–H groups in total. The molecule has 0 aliphatic carbocycles. The molecule has 1 aliphatic rings. The molecule has 2 aromatic heterocycles. The van der Waals surface area contributed by atoms with Crippen molar-refractivity contribution in [3.05, 3.63) is 124 Å². The summed E-state index contributed by atoms with van der Waals surface area (Å²) < 4.78 is 19.0. The lowest BCUT2D eigenvalue weighted by Crippen LogP contribution is -2.24. The summed E-state index contributed by atoms with van der Waals surface area (Å²) in [6.45, 7) is 9.21. The highest BCUT2D eigenvalue weighted by Gasteiger charge is 2.20. The van der Waals surface area contributed by atoms with E-state index in [4.69, 9.17) is 25.8 Å². The average Bonchev–Trinajstić information content (AvgIpc) is 3.82. The highest BCUT2D eigenvalue weighted by molar-refractivity contribution is 6.32. The quantitative estimate of drug-likeness (QED) is 0.102. The summed E-state index contributed by atoms with van der Waals surface area (Å²) in [7, 11) is 2.01. The van der Waals surface area contributed by atoms with E-state index in [1.807, 2.05) is 37.5 Å². The SMILES string of the molecule is Cc1c(COc2cc(OCc3cncc(C#N)c3)c(CN(C)Cc3c[nH]cn3)cc2Cl)cccc1-c1cccc(OCCCN2CCC(O)C2)c1C. The van der Waals surface area contributed by atoms with Crippen molar-refractivity contribution in [1.82, 2.24) is 24.8 Å². The molecule has 0 bridgehead atoms. The Hall–Kier alpha value is -4.92. The second kappa shape index (κ2) is 17.5. The van der Waals surface area contributed by atoms with Crippen molar-refractivity contribution in [2.75, 3.05) is 33.3 Å². The smallest absolute Gasteiger partial charge is 0.142 e. The van der Waals surface area contributed by atoms with Crippen LogP contribution in [0.25, 0.3) is 11.1 Å². The number of pyridine rings is 1. The van der Waals surface area contributed by atoms with Crippen LogP contribution in [0.5, 0.6) is 17.2 Å². The molecular weight excluding hydrogens is 676 g/mol. The first kappa shape index (κ1) is 36.9. The van der Waals surface area contributed by atoms with Gasteiger partial charge in [-0.2, -0.15) is 5.26 Å². The lowest BCUT2D eigenvalue weighted by molar-refractivity contribution is 0.173. The molecule has 270 valence electrons. The fourth-order valence-corrected chi connectivity index (χ4v) is 6.81. The average molecular weight is 721 g/mol. The summed E-state index contributed by atoms with van der Waals surface area (Å²) in [6, 6.07) is 20.1. The highest BCUT2D eigenvalue weighted by atomic mass is 35.5. The first-order chi connectivity index (χ1) is 25.3. The number of rotatable bonds is 16. The van der Waals surface area contributed by atoms with Crippen molar-refractivity contribution in [1.29, 1.82) is 5.26 Å². The van der Waals surface area contributed by atoms with E-state index in [1.165, 1.54) is 6.20 Å². The number of nitriles is 1. The van der Waals surface area contributed by atoms with Crippen molar-refractivity contribution >= 4 is 11.6 Å². The number of H-pyrrole nitrogens is 1. The number of aliphatic hydroxyl groups is 1. The van der Waals surface area contributed by atoms with Crippen molar-refractivity contribution in [2.24, 2.45) is 0 Å². The summed E-state index contributed by atoms with van der Waals surface area (Å²) >= 11 is 6.86. The van der Waals surface area contributed by atoms with Crippen LogP contribution in [0.2, 0.25) is 5.02 Å². The molecule has 52 heavy (non-hydrogen) atoms. The van der Waals surface area contributed by atoms with E-state index in [-0.39, 0.29) is 12.7 Å². The standard InChI is InChI=1S/C41H45ClN6O4/c1-28-32(7-4-8-36(28)37-9-5-10-39(29(37)2)50-14-6-12-48-13-11-35(49)24-48)26-52-41-17-40(51-25-31-15-30(18-43)19-44-20-31)33(16-38(41)42)22-47(3)23-34-21-45-27-46-34/h4-5,7-10,15-17,19-21,27,35,49H,6,11-14,22-26H2,1-3H3,(H,45,46). The summed E-state index contributed by atoms with van der Waals surface area (Å²) in [4.78, 5) is 15.9. The largest absolute Gasteiger partial charge is 0.493 e. The van der Waals surface area contributed by atoms with Crippen molar-refractivity contribution < 1.29 is 19.3 Å². The van der Waals surface area contributed by atoms with Gasteiger partial charge < -0.3 is 29.2 Å². The monoisotopic (exact) mass is 720 g/mol. The minimum absolute atomic E-state index is 0.201. The first-order valence-corrected chi connectivity index (χ1v) is 17.9. The number of aliphatic hydroxyl groups excluding tert-OH is 1. The topological polar surface area (TPSA) is 120 Å². The number of nitrogens with zero attached hydrogens (tertiary/aromatic N) is 5. The van der Waals surface area contributed by atoms with E-state index in [0.717, 1.165) is 82.9 Å². The van der Waals surface area contributed by atoms with E-state index in [0.29, 0.717) is 48.4 Å². The number of aromatic nitrogens is 3. The number of β-amino-alcohol motifs (C(OH)–C–C–N with tert-alkyl or cyclic N) is 1. The van der Waals surface area contributed by atoms with Crippen molar-refractivity contribution in [2.45, 2.75) is 59.1 Å². The number of hydrogen-bond acceptors (Lipinski definition) is 9. The van der Waals surface area contributed by atoms with Crippen LogP contribution < -0.4 is 14.2 Å². The third-order valence-electron chi connectivity index (χ3n) is 9.39.